The first-order valence-electron chi connectivity index (χ1n) is 3.85. The second-order valence-electron chi connectivity index (χ2n) is 2.73. The Balaban J connectivity index is 3.22. The van der Waals surface area contributed by atoms with E-state index in [2.05, 4.69) is 15.9 Å². The third kappa shape index (κ3) is 2.26. The summed E-state index contributed by atoms with van der Waals surface area (Å²) in [5.41, 5.74) is -0.616. The van der Waals surface area contributed by atoms with Crippen LogP contribution in [0.4, 0.5) is 8.78 Å². The van der Waals surface area contributed by atoms with Gasteiger partial charge in [-0.15, -0.1) is 0 Å². The summed E-state index contributed by atoms with van der Waals surface area (Å²) in [6.45, 7) is 0. The lowest BCUT2D eigenvalue weighted by molar-refractivity contribution is -0.166. The summed E-state index contributed by atoms with van der Waals surface area (Å²) in [5, 5.41) is 8.33. The topological polar surface area (TPSA) is 46.5 Å². The van der Waals surface area contributed by atoms with Crippen LogP contribution in [-0.2, 0) is 10.7 Å². The van der Waals surface area contributed by atoms with Crippen LogP contribution in [0.1, 0.15) is 5.56 Å². The number of ether oxygens (including phenoxy) is 1. The molecule has 0 atom stereocenters. The summed E-state index contributed by atoms with van der Waals surface area (Å²) in [6.07, 6.45) is 0. The van der Waals surface area contributed by atoms with Crippen LogP contribution in [0, 0.1) is 0 Å². The van der Waals surface area contributed by atoms with Gasteiger partial charge in [-0.1, -0.05) is 6.07 Å². The molecule has 0 amide bonds. The van der Waals surface area contributed by atoms with Crippen molar-refractivity contribution in [3.63, 3.8) is 0 Å². The summed E-state index contributed by atoms with van der Waals surface area (Å²) in [5.74, 6) is -5.94. The number of carboxylic acid groups (broad SMARTS) is 1. The van der Waals surface area contributed by atoms with Gasteiger partial charge in [-0.25, -0.2) is 4.79 Å². The van der Waals surface area contributed by atoms with E-state index < -0.39 is 17.5 Å². The van der Waals surface area contributed by atoms with Crippen molar-refractivity contribution in [1.29, 1.82) is 0 Å². The number of rotatable bonds is 3. The van der Waals surface area contributed by atoms with Crippen molar-refractivity contribution >= 4 is 21.9 Å². The van der Waals surface area contributed by atoms with E-state index >= 15 is 0 Å². The maximum absolute atomic E-state index is 13.1. The van der Waals surface area contributed by atoms with Gasteiger partial charge in [0.2, 0.25) is 0 Å². The van der Waals surface area contributed by atoms with Gasteiger partial charge in [0.1, 0.15) is 5.75 Å². The van der Waals surface area contributed by atoms with Crippen molar-refractivity contribution < 1.29 is 23.4 Å². The highest BCUT2D eigenvalue weighted by Crippen LogP contribution is 2.34. The molecule has 0 heterocycles. The lowest BCUT2D eigenvalue weighted by atomic mass is 10.1. The van der Waals surface area contributed by atoms with E-state index in [4.69, 9.17) is 9.84 Å². The molecule has 0 bridgehead atoms. The van der Waals surface area contributed by atoms with Crippen LogP contribution < -0.4 is 4.74 Å². The zero-order valence-corrected chi connectivity index (χ0v) is 9.22. The minimum absolute atomic E-state index is 0.161. The number of methoxy groups -OCH3 is 1. The third-order valence-corrected chi connectivity index (χ3v) is 2.44. The zero-order chi connectivity index (χ0) is 11.6. The van der Waals surface area contributed by atoms with Crippen molar-refractivity contribution in [2.45, 2.75) is 5.92 Å². The molecule has 0 aliphatic rings. The number of hydrogen-bond donors (Lipinski definition) is 1. The number of carboxylic acids is 1. The molecule has 1 N–H and O–H groups in total. The number of carbonyl (C=O) groups is 1. The molecule has 0 radical (unpaired) electrons. The second-order valence-corrected chi connectivity index (χ2v) is 3.58. The molecule has 15 heavy (non-hydrogen) atoms. The molecule has 0 aliphatic carbocycles. The molecule has 1 aromatic rings. The number of hydrogen-bond acceptors (Lipinski definition) is 2. The van der Waals surface area contributed by atoms with Gasteiger partial charge in [0.15, 0.2) is 0 Å². The van der Waals surface area contributed by atoms with Gasteiger partial charge < -0.3 is 9.84 Å². The fourth-order valence-electron chi connectivity index (χ4n) is 0.979. The van der Waals surface area contributed by atoms with Crippen LogP contribution in [-0.4, -0.2) is 18.2 Å². The molecule has 1 rings (SSSR count). The van der Waals surface area contributed by atoms with Gasteiger partial charge >= 0.3 is 11.9 Å². The molecule has 6 heteroatoms. The van der Waals surface area contributed by atoms with E-state index in [1.165, 1.54) is 13.2 Å². The first-order valence-corrected chi connectivity index (χ1v) is 4.64. The van der Waals surface area contributed by atoms with E-state index in [-0.39, 0.29) is 5.75 Å². The van der Waals surface area contributed by atoms with Crippen molar-refractivity contribution in [3.05, 3.63) is 28.2 Å². The highest BCUT2D eigenvalue weighted by Gasteiger charge is 2.41. The number of aliphatic carboxylic acids is 1. The van der Waals surface area contributed by atoms with E-state index in [0.29, 0.717) is 4.47 Å². The quantitative estimate of drug-likeness (QED) is 0.926. The Morgan fingerprint density at radius 2 is 2.13 bits per heavy atom. The van der Waals surface area contributed by atoms with Gasteiger partial charge in [0.05, 0.1) is 11.6 Å². The molecule has 3 nitrogen and oxygen atoms in total. The van der Waals surface area contributed by atoms with Gasteiger partial charge in [0.25, 0.3) is 0 Å². The predicted molar refractivity (Wildman–Crippen MR) is 52.2 cm³/mol. The minimum Gasteiger partial charge on any atom is -0.496 e. The average Bonchev–Trinajstić information content (AvgIpc) is 2.18. The number of halogens is 3. The van der Waals surface area contributed by atoms with Gasteiger partial charge in [0, 0.05) is 5.56 Å². The summed E-state index contributed by atoms with van der Waals surface area (Å²) < 4.78 is 31.4. The smallest absolute Gasteiger partial charge is 0.379 e. The van der Waals surface area contributed by atoms with Crippen LogP contribution in [0.15, 0.2) is 22.7 Å². The molecule has 82 valence electrons. The summed E-state index contributed by atoms with van der Waals surface area (Å²) in [7, 11) is 1.31. The van der Waals surface area contributed by atoms with Crippen molar-refractivity contribution in [2.75, 3.05) is 7.11 Å². The van der Waals surface area contributed by atoms with Crippen molar-refractivity contribution in [1.82, 2.24) is 0 Å². The van der Waals surface area contributed by atoms with Crippen LogP contribution in [0.2, 0.25) is 0 Å². The standard InChI is InChI=1S/C9H7BrF2O3/c1-15-7-4-5(2-3-6(7)10)9(11,12)8(13)14/h2-4H,1H3,(H,13,14). The van der Waals surface area contributed by atoms with Crippen LogP contribution in [0.25, 0.3) is 0 Å². The van der Waals surface area contributed by atoms with E-state index in [1.807, 2.05) is 0 Å². The molecule has 1 aromatic carbocycles. The fourth-order valence-corrected chi connectivity index (χ4v) is 1.39. The first kappa shape index (κ1) is 11.9. The Labute approximate surface area is 92.8 Å². The fraction of sp³-hybridized carbons (Fsp3) is 0.222. The Morgan fingerprint density at radius 1 is 1.53 bits per heavy atom. The molecule has 0 saturated heterocycles. The molecule has 0 aliphatic heterocycles. The highest BCUT2D eigenvalue weighted by atomic mass is 79.9. The zero-order valence-electron chi connectivity index (χ0n) is 7.63. The van der Waals surface area contributed by atoms with Crippen molar-refractivity contribution in [3.8, 4) is 5.75 Å². The largest absolute Gasteiger partial charge is 0.496 e. The molecular weight excluding hydrogens is 274 g/mol. The van der Waals surface area contributed by atoms with E-state index in [9.17, 15) is 13.6 Å². The van der Waals surface area contributed by atoms with Gasteiger partial charge in [-0.05, 0) is 28.1 Å². The summed E-state index contributed by atoms with van der Waals surface area (Å²) in [4.78, 5) is 10.3. The monoisotopic (exact) mass is 280 g/mol. The average molecular weight is 281 g/mol. The van der Waals surface area contributed by atoms with Gasteiger partial charge in [-0.2, -0.15) is 8.78 Å². The molecule has 0 spiro atoms. The van der Waals surface area contributed by atoms with Crippen LogP contribution in [0.5, 0.6) is 5.75 Å². The lowest BCUT2D eigenvalue weighted by Gasteiger charge is -2.13. The molecular formula is C9H7BrF2O3. The summed E-state index contributed by atoms with van der Waals surface area (Å²) >= 11 is 3.08. The van der Waals surface area contributed by atoms with Crippen LogP contribution >= 0.6 is 15.9 Å². The minimum atomic E-state index is -3.91. The van der Waals surface area contributed by atoms with Crippen molar-refractivity contribution in [2.24, 2.45) is 0 Å². The maximum atomic E-state index is 13.1. The predicted octanol–water partition coefficient (Wildman–Crippen LogP) is 2.63. The first-order chi connectivity index (χ1) is 6.89. The SMILES string of the molecule is COc1cc(C(F)(F)C(=O)O)ccc1Br. The number of alkyl halides is 2. The normalized spacial score (nSPS) is 11.2. The summed E-state index contributed by atoms with van der Waals surface area (Å²) in [6, 6.07) is 3.32. The van der Waals surface area contributed by atoms with Crippen LogP contribution in [0.3, 0.4) is 0 Å². The molecule has 0 fully saturated rings. The third-order valence-electron chi connectivity index (χ3n) is 1.78. The number of benzene rings is 1. The Bertz CT molecular complexity index is 393. The molecule has 0 unspecified atom stereocenters. The van der Waals surface area contributed by atoms with E-state index in [0.717, 1.165) is 12.1 Å². The Morgan fingerprint density at radius 3 is 2.60 bits per heavy atom. The Kier molecular flexibility index (Phi) is 3.28. The van der Waals surface area contributed by atoms with E-state index in [1.54, 1.807) is 0 Å². The molecule has 0 aromatic heterocycles. The lowest BCUT2D eigenvalue weighted by Crippen LogP contribution is -2.25. The second kappa shape index (κ2) is 4.14. The highest BCUT2D eigenvalue weighted by molar-refractivity contribution is 9.10. The van der Waals surface area contributed by atoms with Gasteiger partial charge in [-0.3, -0.25) is 0 Å². The Hall–Kier alpha value is -1.17. The molecule has 0 saturated carbocycles. The maximum Gasteiger partial charge on any atom is 0.379 e.